The van der Waals surface area contributed by atoms with E-state index in [1.165, 1.54) is 8.61 Å². The molecular formula is C17H18Cl2N2O2S. The van der Waals surface area contributed by atoms with Gasteiger partial charge < -0.3 is 0 Å². The van der Waals surface area contributed by atoms with Crippen LogP contribution < -0.4 is 0 Å². The first-order valence-corrected chi connectivity index (χ1v) is 9.85. The molecule has 0 aromatic heterocycles. The molecule has 2 aromatic rings. The molecule has 2 aromatic carbocycles. The molecule has 0 atom stereocenters. The topological polar surface area (TPSA) is 40.6 Å². The van der Waals surface area contributed by atoms with E-state index in [2.05, 4.69) is 0 Å². The van der Waals surface area contributed by atoms with Gasteiger partial charge in [-0.05, 0) is 35.7 Å². The highest BCUT2D eigenvalue weighted by Gasteiger charge is 2.33. The Bertz CT molecular complexity index is 810. The van der Waals surface area contributed by atoms with Crippen molar-refractivity contribution in [1.82, 2.24) is 8.61 Å². The first-order chi connectivity index (χ1) is 11.5. The lowest BCUT2D eigenvalue weighted by atomic mass is 10.2. The quantitative estimate of drug-likeness (QED) is 0.800. The Hall–Kier alpha value is -1.11. The molecule has 1 fully saturated rings. The molecule has 24 heavy (non-hydrogen) atoms. The largest absolute Gasteiger partial charge is 0.282 e. The van der Waals surface area contributed by atoms with Gasteiger partial charge >= 0.3 is 0 Å². The zero-order valence-electron chi connectivity index (χ0n) is 13.0. The van der Waals surface area contributed by atoms with Gasteiger partial charge in [0.2, 0.25) is 0 Å². The maximum Gasteiger partial charge on any atom is 0.282 e. The summed E-state index contributed by atoms with van der Waals surface area (Å²) in [5, 5.41) is 1.23. The molecule has 0 unspecified atom stereocenters. The summed E-state index contributed by atoms with van der Waals surface area (Å²) < 4.78 is 28.8. The van der Waals surface area contributed by atoms with E-state index in [9.17, 15) is 8.42 Å². The van der Waals surface area contributed by atoms with Crippen LogP contribution in [0.2, 0.25) is 10.0 Å². The molecule has 7 heteroatoms. The van der Waals surface area contributed by atoms with Crippen molar-refractivity contribution < 1.29 is 8.42 Å². The molecule has 1 saturated heterocycles. The summed E-state index contributed by atoms with van der Waals surface area (Å²) in [4.78, 5) is 0. The van der Waals surface area contributed by atoms with Crippen LogP contribution in [0.15, 0.2) is 48.5 Å². The van der Waals surface area contributed by atoms with Crippen LogP contribution in [0.25, 0.3) is 0 Å². The Balaban J connectivity index is 1.78. The van der Waals surface area contributed by atoms with E-state index in [4.69, 9.17) is 23.2 Å². The van der Waals surface area contributed by atoms with Crippen molar-refractivity contribution >= 4 is 33.4 Å². The molecule has 3 rings (SSSR count). The second-order valence-corrected chi connectivity index (χ2v) is 8.52. The highest BCUT2D eigenvalue weighted by atomic mass is 35.5. The number of halogens is 2. The fourth-order valence-corrected chi connectivity index (χ4v) is 4.73. The summed E-state index contributed by atoms with van der Waals surface area (Å²) in [7, 11) is -3.51. The fraction of sp³-hybridized carbons (Fsp3) is 0.294. The molecule has 0 N–H and O–H groups in total. The Kier molecular flexibility index (Phi) is 5.47. The minimum atomic E-state index is -3.51. The van der Waals surface area contributed by atoms with Gasteiger partial charge in [0.05, 0.1) is 0 Å². The number of nitrogens with zero attached hydrogens (tertiary/aromatic N) is 2. The van der Waals surface area contributed by atoms with E-state index in [-0.39, 0.29) is 0 Å². The van der Waals surface area contributed by atoms with Crippen LogP contribution in [0.3, 0.4) is 0 Å². The molecule has 0 bridgehead atoms. The summed E-state index contributed by atoms with van der Waals surface area (Å²) in [5.41, 5.74) is 1.73. The van der Waals surface area contributed by atoms with E-state index in [1.54, 1.807) is 18.2 Å². The lowest BCUT2D eigenvalue weighted by Crippen LogP contribution is -2.48. The number of hydrogen-bond acceptors (Lipinski definition) is 2. The third-order valence-electron chi connectivity index (χ3n) is 4.04. The van der Waals surface area contributed by atoms with Gasteiger partial charge in [0.15, 0.2) is 0 Å². The second kappa shape index (κ2) is 7.42. The molecule has 1 aliphatic rings. The van der Waals surface area contributed by atoms with Crippen molar-refractivity contribution in [2.75, 3.05) is 13.1 Å². The molecule has 0 spiro atoms. The molecule has 1 heterocycles. The third kappa shape index (κ3) is 3.92. The van der Waals surface area contributed by atoms with Crippen LogP contribution in [0.4, 0.5) is 0 Å². The van der Waals surface area contributed by atoms with Gasteiger partial charge in [0.1, 0.15) is 0 Å². The van der Waals surface area contributed by atoms with Crippen molar-refractivity contribution in [3.63, 3.8) is 0 Å². The van der Waals surface area contributed by atoms with Gasteiger partial charge in [-0.15, -0.1) is 0 Å². The third-order valence-corrected chi connectivity index (χ3v) is 6.59. The standard InChI is InChI=1S/C17H18Cl2N2O2S/c18-16-8-6-14(7-9-16)12-20-10-3-11-21(24(20,22)23)13-15-4-1-2-5-17(15)19/h1-2,4-9H,3,10-13H2. The van der Waals surface area contributed by atoms with Crippen molar-refractivity contribution in [1.29, 1.82) is 0 Å². The highest BCUT2D eigenvalue weighted by molar-refractivity contribution is 7.86. The summed E-state index contributed by atoms with van der Waals surface area (Å²) >= 11 is 12.1. The van der Waals surface area contributed by atoms with Gasteiger partial charge in [0, 0.05) is 36.2 Å². The molecular weight excluding hydrogens is 367 g/mol. The second-order valence-electron chi connectivity index (χ2n) is 5.75. The Morgan fingerprint density at radius 1 is 0.875 bits per heavy atom. The van der Waals surface area contributed by atoms with E-state index < -0.39 is 10.2 Å². The average molecular weight is 385 g/mol. The first-order valence-electron chi connectivity index (χ1n) is 7.70. The SMILES string of the molecule is O=S1(=O)N(Cc2ccc(Cl)cc2)CCCN1Cc1ccccc1Cl. The molecule has 4 nitrogen and oxygen atoms in total. The lowest BCUT2D eigenvalue weighted by molar-refractivity contribution is 0.276. The summed E-state index contributed by atoms with van der Waals surface area (Å²) in [5.74, 6) is 0. The maximum absolute atomic E-state index is 12.9. The number of benzene rings is 2. The molecule has 0 radical (unpaired) electrons. The normalized spacial score (nSPS) is 18.6. The van der Waals surface area contributed by atoms with E-state index in [0.29, 0.717) is 36.2 Å². The number of rotatable bonds is 4. The maximum atomic E-state index is 12.9. The van der Waals surface area contributed by atoms with Gasteiger partial charge in [-0.25, -0.2) is 0 Å². The van der Waals surface area contributed by atoms with Crippen molar-refractivity contribution in [2.24, 2.45) is 0 Å². The summed E-state index contributed by atoms with van der Waals surface area (Å²) in [6, 6.07) is 14.6. The zero-order chi connectivity index (χ0) is 17.2. The van der Waals surface area contributed by atoms with Crippen LogP contribution >= 0.6 is 23.2 Å². The van der Waals surface area contributed by atoms with Crippen LogP contribution in [0.5, 0.6) is 0 Å². The van der Waals surface area contributed by atoms with Crippen molar-refractivity contribution in [3.8, 4) is 0 Å². The molecule has 0 aliphatic carbocycles. The Morgan fingerprint density at radius 2 is 1.50 bits per heavy atom. The Morgan fingerprint density at radius 3 is 2.17 bits per heavy atom. The van der Waals surface area contributed by atoms with Crippen LogP contribution in [0, 0.1) is 0 Å². The predicted octanol–water partition coefficient (Wildman–Crippen LogP) is 3.95. The van der Waals surface area contributed by atoms with E-state index in [1.807, 2.05) is 30.3 Å². The molecule has 1 aliphatic heterocycles. The van der Waals surface area contributed by atoms with Crippen molar-refractivity contribution in [3.05, 3.63) is 69.7 Å². The Labute approximate surface area is 152 Å². The first kappa shape index (κ1) is 17.7. The lowest BCUT2D eigenvalue weighted by Gasteiger charge is -2.34. The average Bonchev–Trinajstić information content (AvgIpc) is 2.55. The van der Waals surface area contributed by atoms with Crippen molar-refractivity contribution in [2.45, 2.75) is 19.5 Å². The minimum absolute atomic E-state index is 0.291. The van der Waals surface area contributed by atoms with Crippen LogP contribution in [0.1, 0.15) is 17.5 Å². The van der Waals surface area contributed by atoms with Crippen LogP contribution in [-0.2, 0) is 23.3 Å². The minimum Gasteiger partial charge on any atom is -0.195 e. The number of hydrogen-bond donors (Lipinski definition) is 0. The van der Waals surface area contributed by atoms with E-state index >= 15 is 0 Å². The summed E-state index contributed by atoms with van der Waals surface area (Å²) in [6.45, 7) is 1.66. The molecule has 0 amide bonds. The summed E-state index contributed by atoms with van der Waals surface area (Å²) in [6.07, 6.45) is 0.789. The van der Waals surface area contributed by atoms with Gasteiger partial charge in [-0.3, -0.25) is 0 Å². The van der Waals surface area contributed by atoms with Crippen LogP contribution in [-0.4, -0.2) is 30.1 Å². The molecule has 128 valence electrons. The monoisotopic (exact) mass is 384 g/mol. The van der Waals surface area contributed by atoms with Gasteiger partial charge in [-0.1, -0.05) is 53.5 Å². The van der Waals surface area contributed by atoms with E-state index in [0.717, 1.165) is 17.5 Å². The molecule has 0 saturated carbocycles. The predicted molar refractivity (Wildman–Crippen MR) is 97.3 cm³/mol. The smallest absolute Gasteiger partial charge is 0.195 e. The highest BCUT2D eigenvalue weighted by Crippen LogP contribution is 2.24. The fourth-order valence-electron chi connectivity index (χ4n) is 2.75. The zero-order valence-corrected chi connectivity index (χ0v) is 15.4. The van der Waals surface area contributed by atoms with Gasteiger partial charge in [-0.2, -0.15) is 17.0 Å². The van der Waals surface area contributed by atoms with Gasteiger partial charge in [0.25, 0.3) is 10.2 Å².